The monoisotopic (exact) mass is 398 g/mol. The summed E-state index contributed by atoms with van der Waals surface area (Å²) in [6, 6.07) is 0. The quantitative estimate of drug-likeness (QED) is 0.237. The normalized spacial score (nSPS) is 13.3. The Bertz CT molecular complexity index is 325. The highest BCUT2D eigenvalue weighted by Crippen LogP contribution is 2.36. The first-order valence-corrected chi connectivity index (χ1v) is 12.4. The number of hydrogen-bond acceptors (Lipinski definition) is 4. The molecule has 2 N–H and O–H groups in total. The van der Waals surface area contributed by atoms with E-state index in [1.165, 1.54) is 70.6 Å². The third-order valence-electron chi connectivity index (χ3n) is 4.21. The van der Waals surface area contributed by atoms with Crippen molar-refractivity contribution in [2.75, 3.05) is 26.9 Å². The minimum atomic E-state index is -3.61. The molecular formula is C18H39O5PS. The number of rotatable bonds is 19. The summed E-state index contributed by atoms with van der Waals surface area (Å²) in [6.07, 6.45) is 15.6. The molecule has 0 aromatic heterocycles. The van der Waals surface area contributed by atoms with Crippen LogP contribution in [0.15, 0.2) is 0 Å². The molecule has 0 rings (SSSR count). The Labute approximate surface area is 159 Å². The minimum Gasteiger partial charge on any atom is -0.379 e. The zero-order chi connectivity index (χ0) is 18.8. The number of methoxy groups -OCH3 is 1. The topological polar surface area (TPSA) is 68.2 Å². The van der Waals surface area contributed by atoms with Gasteiger partial charge in [0.1, 0.15) is 6.10 Å². The van der Waals surface area contributed by atoms with E-state index in [9.17, 15) is 0 Å². The maximum atomic E-state index is 9.02. The van der Waals surface area contributed by atoms with Crippen molar-refractivity contribution in [1.29, 1.82) is 0 Å². The average Bonchev–Trinajstić information content (AvgIpc) is 2.57. The van der Waals surface area contributed by atoms with Crippen LogP contribution in [-0.4, -0.2) is 42.8 Å². The van der Waals surface area contributed by atoms with Crippen LogP contribution in [0.4, 0.5) is 0 Å². The summed E-state index contributed by atoms with van der Waals surface area (Å²) in [4.78, 5) is 18.0. The zero-order valence-electron chi connectivity index (χ0n) is 16.2. The van der Waals surface area contributed by atoms with Crippen LogP contribution < -0.4 is 0 Å². The fourth-order valence-electron chi connectivity index (χ4n) is 2.62. The third kappa shape index (κ3) is 20.6. The summed E-state index contributed by atoms with van der Waals surface area (Å²) in [7, 11) is 1.54. The summed E-state index contributed by atoms with van der Waals surface area (Å²) in [5, 5.41) is 0. The molecule has 0 aliphatic rings. The van der Waals surface area contributed by atoms with Crippen LogP contribution in [0.25, 0.3) is 0 Å². The Morgan fingerprint density at radius 2 is 1.28 bits per heavy atom. The number of unbranched alkanes of at least 4 members (excludes halogenated alkanes) is 11. The molecule has 0 spiro atoms. The van der Waals surface area contributed by atoms with E-state index < -0.39 is 6.72 Å². The largest absolute Gasteiger partial charge is 0.379 e. The van der Waals surface area contributed by atoms with E-state index in [4.69, 9.17) is 23.8 Å². The molecule has 0 aliphatic carbocycles. The average molecular weight is 399 g/mol. The predicted octanol–water partition coefficient (Wildman–Crippen LogP) is 4.94. The highest BCUT2D eigenvalue weighted by atomic mass is 32.5. The van der Waals surface area contributed by atoms with Gasteiger partial charge >= 0.3 is 6.72 Å². The fraction of sp³-hybridized carbons (Fsp3) is 1.00. The standard InChI is InChI=1S/C18H39O5PS/c1-3-4-5-6-7-8-9-10-11-12-13-14-15-22-16-18(21-2)17-23-24(19,20)25/h18H,3-17H2,1-2H3,(H2,19,20,25). The summed E-state index contributed by atoms with van der Waals surface area (Å²) < 4.78 is 15.5. The van der Waals surface area contributed by atoms with Crippen molar-refractivity contribution in [3.63, 3.8) is 0 Å². The van der Waals surface area contributed by atoms with Crippen LogP contribution in [0.1, 0.15) is 84.0 Å². The van der Waals surface area contributed by atoms with Crippen LogP contribution in [0.5, 0.6) is 0 Å². The smallest absolute Gasteiger partial charge is 0.321 e. The lowest BCUT2D eigenvalue weighted by molar-refractivity contribution is -0.0173. The highest BCUT2D eigenvalue weighted by Gasteiger charge is 2.14. The molecule has 25 heavy (non-hydrogen) atoms. The first-order valence-electron chi connectivity index (χ1n) is 9.80. The van der Waals surface area contributed by atoms with Gasteiger partial charge in [0.15, 0.2) is 0 Å². The molecule has 1 atom stereocenters. The van der Waals surface area contributed by atoms with Gasteiger partial charge in [0.2, 0.25) is 0 Å². The lowest BCUT2D eigenvalue weighted by Crippen LogP contribution is -2.24. The second-order valence-corrected chi connectivity index (χ2v) is 9.27. The van der Waals surface area contributed by atoms with Crippen LogP contribution >= 0.6 is 6.72 Å². The van der Waals surface area contributed by atoms with Crippen molar-refractivity contribution in [3.8, 4) is 0 Å². The molecule has 0 saturated heterocycles. The van der Waals surface area contributed by atoms with Gasteiger partial charge < -0.3 is 23.8 Å². The molecule has 0 heterocycles. The summed E-state index contributed by atoms with van der Waals surface area (Å²) in [5.41, 5.74) is 0. The minimum absolute atomic E-state index is 0.0409. The summed E-state index contributed by atoms with van der Waals surface area (Å²) in [5.74, 6) is 0. The molecule has 0 aromatic rings. The van der Waals surface area contributed by atoms with Crippen molar-refractivity contribution >= 4 is 18.5 Å². The van der Waals surface area contributed by atoms with E-state index in [1.807, 2.05) is 0 Å². The van der Waals surface area contributed by atoms with Crippen molar-refractivity contribution in [2.24, 2.45) is 0 Å². The van der Waals surface area contributed by atoms with Crippen molar-refractivity contribution in [3.05, 3.63) is 0 Å². The van der Waals surface area contributed by atoms with Gasteiger partial charge in [-0.1, -0.05) is 77.6 Å². The van der Waals surface area contributed by atoms with E-state index >= 15 is 0 Å². The zero-order valence-corrected chi connectivity index (χ0v) is 17.9. The first-order chi connectivity index (χ1) is 12.0. The Balaban J connectivity index is 3.28. The Kier molecular flexibility index (Phi) is 18.2. The van der Waals surface area contributed by atoms with Gasteiger partial charge in [-0.05, 0) is 18.2 Å². The molecular weight excluding hydrogens is 359 g/mol. The summed E-state index contributed by atoms with van der Waals surface area (Å²) in [6.45, 7) is -0.231. The molecule has 0 aromatic carbocycles. The van der Waals surface area contributed by atoms with Gasteiger partial charge in [0.25, 0.3) is 0 Å². The van der Waals surface area contributed by atoms with Crippen molar-refractivity contribution in [2.45, 2.75) is 90.1 Å². The Morgan fingerprint density at radius 3 is 1.72 bits per heavy atom. The van der Waals surface area contributed by atoms with Crippen LogP contribution in [0.2, 0.25) is 0 Å². The van der Waals surface area contributed by atoms with E-state index in [0.29, 0.717) is 13.2 Å². The lowest BCUT2D eigenvalue weighted by atomic mass is 10.1. The van der Waals surface area contributed by atoms with Crippen LogP contribution in [-0.2, 0) is 25.8 Å². The third-order valence-corrected chi connectivity index (χ3v) is 5.01. The van der Waals surface area contributed by atoms with E-state index in [2.05, 4.69) is 18.7 Å². The van der Waals surface area contributed by atoms with E-state index in [1.54, 1.807) is 7.11 Å². The Hall–Kier alpha value is 0.450. The molecule has 0 saturated carbocycles. The molecule has 7 heteroatoms. The van der Waals surface area contributed by atoms with E-state index in [-0.39, 0.29) is 12.7 Å². The molecule has 0 aliphatic heterocycles. The second-order valence-electron chi connectivity index (χ2n) is 6.61. The van der Waals surface area contributed by atoms with Gasteiger partial charge in [0, 0.05) is 13.7 Å². The number of ether oxygens (including phenoxy) is 2. The molecule has 152 valence electrons. The highest BCUT2D eigenvalue weighted by molar-refractivity contribution is 8.06. The van der Waals surface area contributed by atoms with Gasteiger partial charge in [-0.15, -0.1) is 0 Å². The maximum Gasteiger partial charge on any atom is 0.321 e. The van der Waals surface area contributed by atoms with Crippen molar-refractivity contribution < 1.29 is 23.8 Å². The Morgan fingerprint density at radius 1 is 0.800 bits per heavy atom. The number of hydrogen-bond donors (Lipinski definition) is 2. The molecule has 0 radical (unpaired) electrons. The molecule has 0 amide bonds. The van der Waals surface area contributed by atoms with E-state index in [0.717, 1.165) is 6.42 Å². The lowest BCUT2D eigenvalue weighted by Gasteiger charge is -2.17. The summed E-state index contributed by atoms with van der Waals surface area (Å²) >= 11 is 4.40. The molecule has 5 nitrogen and oxygen atoms in total. The van der Waals surface area contributed by atoms with Gasteiger partial charge in [-0.3, -0.25) is 0 Å². The van der Waals surface area contributed by atoms with Crippen molar-refractivity contribution in [1.82, 2.24) is 0 Å². The second kappa shape index (κ2) is 17.8. The first kappa shape index (κ1) is 25.4. The van der Waals surface area contributed by atoms with Gasteiger partial charge in [-0.25, -0.2) is 0 Å². The maximum absolute atomic E-state index is 9.02. The van der Waals surface area contributed by atoms with Crippen LogP contribution in [0.3, 0.4) is 0 Å². The SMILES string of the molecule is CCCCCCCCCCCCCCOCC(COP(O)(O)=S)OC. The van der Waals surface area contributed by atoms with Gasteiger partial charge in [-0.2, -0.15) is 0 Å². The van der Waals surface area contributed by atoms with Crippen LogP contribution in [0, 0.1) is 0 Å². The van der Waals surface area contributed by atoms with Gasteiger partial charge in [0.05, 0.1) is 13.2 Å². The fourth-order valence-corrected chi connectivity index (χ4v) is 3.17. The molecule has 1 unspecified atom stereocenters. The molecule has 0 fully saturated rings. The molecule has 0 bridgehead atoms. The predicted molar refractivity (Wildman–Crippen MR) is 107 cm³/mol.